The van der Waals surface area contributed by atoms with Gasteiger partial charge in [0, 0.05) is 45.0 Å². The fourth-order valence-electron chi connectivity index (χ4n) is 3.34. The molecule has 1 amide bonds. The molecule has 2 N–H and O–H groups in total. The lowest BCUT2D eigenvalue weighted by molar-refractivity contribution is -0.130. The molecule has 2 aliphatic heterocycles. The van der Waals surface area contributed by atoms with Crippen molar-refractivity contribution in [2.24, 2.45) is 10.7 Å². The van der Waals surface area contributed by atoms with Crippen molar-refractivity contribution >= 4 is 17.6 Å². The largest absolute Gasteiger partial charge is 0.370 e. The summed E-state index contributed by atoms with van der Waals surface area (Å²) in [5, 5.41) is 0. The molecule has 0 aromatic heterocycles. The van der Waals surface area contributed by atoms with Crippen LogP contribution in [-0.2, 0) is 4.79 Å². The third-order valence-corrected chi connectivity index (χ3v) is 4.88. The van der Waals surface area contributed by atoms with E-state index in [1.807, 2.05) is 9.80 Å². The lowest BCUT2D eigenvalue weighted by Crippen LogP contribution is -2.51. The van der Waals surface area contributed by atoms with Crippen LogP contribution in [0.5, 0.6) is 0 Å². The van der Waals surface area contributed by atoms with E-state index in [0.29, 0.717) is 5.96 Å². The quantitative estimate of drug-likeness (QED) is 0.661. The van der Waals surface area contributed by atoms with Crippen LogP contribution in [0, 0.1) is 5.82 Å². The molecule has 0 atom stereocenters. The first kappa shape index (κ1) is 17.5. The topological polar surface area (TPSA) is 65.2 Å². The number of hydrogen-bond donors (Lipinski definition) is 1. The Labute approximate surface area is 148 Å². The lowest BCUT2D eigenvalue weighted by atomic mass is 10.1. The third-order valence-electron chi connectivity index (χ3n) is 4.88. The molecule has 2 heterocycles. The summed E-state index contributed by atoms with van der Waals surface area (Å²) in [6, 6.07) is 6.53. The van der Waals surface area contributed by atoms with Crippen molar-refractivity contribution in [3.05, 3.63) is 30.1 Å². The molecule has 25 heavy (non-hydrogen) atoms. The number of anilines is 1. The minimum absolute atomic E-state index is 0.0626. The van der Waals surface area contributed by atoms with Gasteiger partial charge >= 0.3 is 0 Å². The minimum Gasteiger partial charge on any atom is -0.370 e. The Hall–Kier alpha value is -2.31. The summed E-state index contributed by atoms with van der Waals surface area (Å²) < 4.78 is 13.0. The van der Waals surface area contributed by atoms with E-state index in [-0.39, 0.29) is 18.3 Å². The van der Waals surface area contributed by atoms with Crippen LogP contribution in [0.15, 0.2) is 29.3 Å². The standard InChI is InChI=1S/C18H26FN5O/c19-15-4-6-16(7-5-15)22-10-12-24(13-11-22)18(20)21-14-17(25)23-8-2-1-3-9-23/h4-7H,1-3,8-14H2,(H2,20,21). The number of benzene rings is 1. The highest BCUT2D eigenvalue weighted by Crippen LogP contribution is 2.16. The Morgan fingerprint density at radius 1 is 0.960 bits per heavy atom. The maximum atomic E-state index is 13.0. The predicted molar refractivity (Wildman–Crippen MR) is 97.1 cm³/mol. The highest BCUT2D eigenvalue weighted by Gasteiger charge is 2.20. The summed E-state index contributed by atoms with van der Waals surface area (Å²) in [7, 11) is 0. The Bertz CT molecular complexity index is 604. The van der Waals surface area contributed by atoms with Gasteiger partial charge in [0.2, 0.25) is 5.91 Å². The monoisotopic (exact) mass is 347 g/mol. The van der Waals surface area contributed by atoms with Crippen LogP contribution in [-0.4, -0.2) is 67.5 Å². The summed E-state index contributed by atoms with van der Waals surface area (Å²) in [6.45, 7) is 4.87. The maximum absolute atomic E-state index is 13.0. The van der Waals surface area contributed by atoms with E-state index in [9.17, 15) is 9.18 Å². The second-order valence-electron chi connectivity index (χ2n) is 6.57. The number of amides is 1. The number of hydrogen-bond acceptors (Lipinski definition) is 3. The van der Waals surface area contributed by atoms with Crippen molar-refractivity contribution in [3.63, 3.8) is 0 Å². The molecule has 2 fully saturated rings. The Morgan fingerprint density at radius 2 is 1.60 bits per heavy atom. The molecule has 2 aliphatic rings. The summed E-state index contributed by atoms with van der Waals surface area (Å²) >= 11 is 0. The van der Waals surface area contributed by atoms with Gasteiger partial charge in [-0.3, -0.25) is 4.79 Å². The van der Waals surface area contributed by atoms with Gasteiger partial charge in [0.25, 0.3) is 0 Å². The van der Waals surface area contributed by atoms with Gasteiger partial charge in [0.1, 0.15) is 12.4 Å². The molecular weight excluding hydrogens is 321 g/mol. The third kappa shape index (κ3) is 4.61. The van der Waals surface area contributed by atoms with Gasteiger partial charge in [-0.2, -0.15) is 0 Å². The summed E-state index contributed by atoms with van der Waals surface area (Å²) in [5.41, 5.74) is 7.08. The van der Waals surface area contributed by atoms with Crippen molar-refractivity contribution in [1.29, 1.82) is 0 Å². The van der Waals surface area contributed by atoms with Gasteiger partial charge in [0.05, 0.1) is 0 Å². The molecule has 3 rings (SSSR count). The molecule has 1 aromatic carbocycles. The zero-order valence-electron chi connectivity index (χ0n) is 14.5. The van der Waals surface area contributed by atoms with Crippen LogP contribution in [0.4, 0.5) is 10.1 Å². The van der Waals surface area contributed by atoms with Crippen molar-refractivity contribution in [1.82, 2.24) is 9.80 Å². The molecule has 0 aliphatic carbocycles. The van der Waals surface area contributed by atoms with E-state index >= 15 is 0 Å². The van der Waals surface area contributed by atoms with Gasteiger partial charge in [-0.15, -0.1) is 0 Å². The van der Waals surface area contributed by atoms with E-state index in [1.54, 1.807) is 12.1 Å². The maximum Gasteiger partial charge on any atom is 0.244 e. The average Bonchev–Trinajstić information content (AvgIpc) is 2.67. The molecule has 1 aromatic rings. The Morgan fingerprint density at radius 3 is 2.24 bits per heavy atom. The number of nitrogens with two attached hydrogens (primary N) is 1. The minimum atomic E-state index is -0.225. The van der Waals surface area contributed by atoms with Crippen LogP contribution in [0.1, 0.15) is 19.3 Å². The molecule has 2 saturated heterocycles. The number of guanidine groups is 1. The molecule has 0 spiro atoms. The molecule has 6 nitrogen and oxygen atoms in total. The second kappa shape index (κ2) is 8.18. The lowest BCUT2D eigenvalue weighted by Gasteiger charge is -2.36. The average molecular weight is 347 g/mol. The predicted octanol–water partition coefficient (Wildman–Crippen LogP) is 1.27. The smallest absolute Gasteiger partial charge is 0.244 e. The van der Waals surface area contributed by atoms with Crippen LogP contribution in [0.25, 0.3) is 0 Å². The van der Waals surface area contributed by atoms with Crippen molar-refractivity contribution < 1.29 is 9.18 Å². The van der Waals surface area contributed by atoms with Gasteiger partial charge in [-0.25, -0.2) is 9.38 Å². The van der Waals surface area contributed by atoms with E-state index < -0.39 is 0 Å². The normalized spacial score (nSPS) is 19.2. The van der Waals surface area contributed by atoms with Crippen LogP contribution < -0.4 is 10.6 Å². The number of halogens is 1. The van der Waals surface area contributed by atoms with Gasteiger partial charge in [-0.05, 0) is 43.5 Å². The zero-order chi connectivity index (χ0) is 17.6. The Balaban J connectivity index is 1.48. The number of aliphatic imine (C=N–C) groups is 1. The first-order chi connectivity index (χ1) is 12.1. The molecule has 136 valence electrons. The molecule has 0 saturated carbocycles. The number of likely N-dealkylation sites (tertiary alicyclic amines) is 1. The summed E-state index contributed by atoms with van der Waals surface area (Å²) in [4.78, 5) is 22.5. The van der Waals surface area contributed by atoms with E-state index in [4.69, 9.17) is 5.73 Å². The number of carbonyl (C=O) groups excluding carboxylic acids is 1. The molecule has 0 radical (unpaired) electrons. The number of nitrogens with zero attached hydrogens (tertiary/aromatic N) is 4. The first-order valence-electron chi connectivity index (χ1n) is 8.96. The fraction of sp³-hybridized carbons (Fsp3) is 0.556. The van der Waals surface area contributed by atoms with Gasteiger partial charge < -0.3 is 20.4 Å². The summed E-state index contributed by atoms with van der Waals surface area (Å²) in [6.07, 6.45) is 3.36. The second-order valence-corrected chi connectivity index (χ2v) is 6.57. The number of carbonyl (C=O) groups is 1. The Kier molecular flexibility index (Phi) is 5.73. The van der Waals surface area contributed by atoms with Crippen LogP contribution in [0.3, 0.4) is 0 Å². The molecule has 0 unspecified atom stereocenters. The van der Waals surface area contributed by atoms with E-state index in [1.165, 1.54) is 18.6 Å². The highest BCUT2D eigenvalue weighted by atomic mass is 19.1. The van der Waals surface area contributed by atoms with Crippen molar-refractivity contribution in [3.8, 4) is 0 Å². The van der Waals surface area contributed by atoms with E-state index in [0.717, 1.165) is 57.8 Å². The highest BCUT2D eigenvalue weighted by molar-refractivity contribution is 5.84. The van der Waals surface area contributed by atoms with Crippen LogP contribution in [0.2, 0.25) is 0 Å². The zero-order valence-corrected chi connectivity index (χ0v) is 14.5. The van der Waals surface area contributed by atoms with Crippen molar-refractivity contribution in [2.45, 2.75) is 19.3 Å². The van der Waals surface area contributed by atoms with Gasteiger partial charge in [-0.1, -0.05) is 0 Å². The fourth-order valence-corrected chi connectivity index (χ4v) is 3.34. The number of piperazine rings is 1. The molecule has 0 bridgehead atoms. The van der Waals surface area contributed by atoms with Crippen LogP contribution >= 0.6 is 0 Å². The SMILES string of the molecule is NC(=NCC(=O)N1CCCCC1)N1CCN(c2ccc(F)cc2)CC1. The summed E-state index contributed by atoms with van der Waals surface area (Å²) in [5.74, 6) is 0.272. The number of rotatable bonds is 3. The molecule has 7 heteroatoms. The van der Waals surface area contributed by atoms with Gasteiger partial charge in [0.15, 0.2) is 5.96 Å². The first-order valence-corrected chi connectivity index (χ1v) is 8.96. The van der Waals surface area contributed by atoms with Crippen molar-refractivity contribution in [2.75, 3.05) is 50.7 Å². The number of piperidine rings is 1. The van der Waals surface area contributed by atoms with E-state index in [2.05, 4.69) is 9.89 Å². The molecular formula is C18H26FN5O.